The Hall–Kier alpha value is -2.85. The van der Waals surface area contributed by atoms with Gasteiger partial charge in [0.2, 0.25) is 6.29 Å². The largest absolute Gasteiger partial charge is 0.508 e. The molecule has 214 valence electrons. The molecule has 4 rings (SSSR count). The summed E-state index contributed by atoms with van der Waals surface area (Å²) in [4.78, 5) is 12.3. The highest BCUT2D eigenvalue weighted by molar-refractivity contribution is 5.89. The van der Waals surface area contributed by atoms with Gasteiger partial charge in [0.25, 0.3) is 0 Å². The van der Waals surface area contributed by atoms with Crippen LogP contribution in [0.15, 0.2) is 48.5 Å². The van der Waals surface area contributed by atoms with Crippen molar-refractivity contribution in [1.82, 2.24) is 0 Å². The molecule has 0 saturated carbocycles. The third-order valence-electron chi connectivity index (χ3n) is 6.55. The van der Waals surface area contributed by atoms with Crippen molar-refractivity contribution in [3.63, 3.8) is 0 Å². The smallest absolute Gasteiger partial charge is 0.338 e. The second kappa shape index (κ2) is 12.6. The summed E-state index contributed by atoms with van der Waals surface area (Å²) in [7, 11) is 0. The van der Waals surface area contributed by atoms with Crippen LogP contribution in [0.1, 0.15) is 15.9 Å². The number of aromatic hydroxyl groups is 1. The van der Waals surface area contributed by atoms with Crippen LogP contribution in [0.25, 0.3) is 0 Å². The van der Waals surface area contributed by atoms with Crippen LogP contribution in [0, 0.1) is 0 Å². The number of phenolic OH excluding ortho intramolecular Hbond substituents is 1. The average Bonchev–Trinajstić information content (AvgIpc) is 3.21. The molecule has 2 heterocycles. The number of rotatable bonds is 10. The van der Waals surface area contributed by atoms with Gasteiger partial charge in [-0.05, 0) is 48.4 Å². The van der Waals surface area contributed by atoms with E-state index in [4.69, 9.17) is 28.8 Å². The first-order chi connectivity index (χ1) is 18.6. The number of phenols is 1. The number of carbonyl (C=O) groups excluding carboxylic acids is 1. The first-order valence-electron chi connectivity index (χ1n) is 12.3. The topological polar surface area (TPSA) is 205 Å². The maximum atomic E-state index is 12.3. The lowest BCUT2D eigenvalue weighted by Gasteiger charge is -2.42. The maximum Gasteiger partial charge on any atom is 0.338 e. The normalized spacial score (nSPS) is 32.6. The van der Waals surface area contributed by atoms with Crippen molar-refractivity contribution in [3.05, 3.63) is 59.7 Å². The Morgan fingerprint density at radius 1 is 0.974 bits per heavy atom. The zero-order chi connectivity index (χ0) is 28.2. The quantitative estimate of drug-likeness (QED) is 0.167. The molecule has 8 unspecified atom stereocenters. The summed E-state index contributed by atoms with van der Waals surface area (Å²) in [5, 5.41) is 70.8. The van der Waals surface area contributed by atoms with E-state index in [0.29, 0.717) is 12.2 Å². The Morgan fingerprint density at radius 3 is 2.31 bits per heavy atom. The molecule has 2 fully saturated rings. The highest BCUT2D eigenvalue weighted by atomic mass is 16.8. The number of esters is 1. The van der Waals surface area contributed by atoms with Crippen LogP contribution in [0.3, 0.4) is 0 Å². The third-order valence-corrected chi connectivity index (χ3v) is 6.55. The van der Waals surface area contributed by atoms with Crippen LogP contribution in [0.5, 0.6) is 11.5 Å². The molecule has 8 atom stereocenters. The van der Waals surface area contributed by atoms with Crippen LogP contribution in [0.4, 0.5) is 0 Å². The molecule has 2 aromatic carbocycles. The first-order valence-corrected chi connectivity index (χ1v) is 12.3. The lowest BCUT2D eigenvalue weighted by atomic mass is 9.98. The molecule has 13 nitrogen and oxygen atoms in total. The van der Waals surface area contributed by atoms with Crippen LogP contribution in [0.2, 0.25) is 0 Å². The van der Waals surface area contributed by atoms with Gasteiger partial charge in [0.05, 0.1) is 18.8 Å². The highest BCUT2D eigenvalue weighted by Crippen LogP contribution is 2.32. The minimum atomic E-state index is -2.07. The number of aliphatic hydroxyl groups excluding tert-OH is 5. The van der Waals surface area contributed by atoms with E-state index >= 15 is 0 Å². The number of hydrogen-bond donors (Lipinski definition) is 7. The van der Waals surface area contributed by atoms with E-state index < -0.39 is 74.5 Å². The SMILES string of the molecule is O=C(OCC1(O)COC(OC2C(Oc3ccc(CCO)cc3)OC(CO)C(O)C2O)C1O)c1ccc(O)cc1. The molecule has 0 aliphatic carbocycles. The molecule has 0 amide bonds. The summed E-state index contributed by atoms with van der Waals surface area (Å²) in [5.74, 6) is -0.566. The van der Waals surface area contributed by atoms with Gasteiger partial charge in [0.15, 0.2) is 18.0 Å². The van der Waals surface area contributed by atoms with E-state index in [0.717, 1.165) is 5.56 Å². The number of ether oxygens (including phenoxy) is 5. The lowest BCUT2D eigenvalue weighted by molar-refractivity contribution is -0.318. The third kappa shape index (κ3) is 6.66. The van der Waals surface area contributed by atoms with Gasteiger partial charge in [-0.25, -0.2) is 4.79 Å². The fourth-order valence-corrected chi connectivity index (χ4v) is 4.22. The molecule has 0 spiro atoms. The number of benzene rings is 2. The van der Waals surface area contributed by atoms with Crippen LogP contribution >= 0.6 is 0 Å². The Balaban J connectivity index is 1.43. The summed E-state index contributed by atoms with van der Waals surface area (Å²) in [6.07, 6.45) is -10.1. The van der Waals surface area contributed by atoms with Gasteiger partial charge in [0, 0.05) is 6.61 Å². The van der Waals surface area contributed by atoms with Gasteiger partial charge in [-0.15, -0.1) is 0 Å². The number of carbonyl (C=O) groups is 1. The first kappa shape index (κ1) is 29.1. The molecular weight excluding hydrogens is 520 g/mol. The van der Waals surface area contributed by atoms with Crippen molar-refractivity contribution in [2.75, 3.05) is 26.4 Å². The van der Waals surface area contributed by atoms with E-state index in [1.807, 2.05) is 0 Å². The molecule has 2 aliphatic heterocycles. The molecule has 0 aromatic heterocycles. The van der Waals surface area contributed by atoms with Crippen molar-refractivity contribution in [2.45, 2.75) is 55.1 Å². The summed E-state index contributed by atoms with van der Waals surface area (Å²) in [5.41, 5.74) is -1.11. The molecule has 2 aliphatic rings. The Morgan fingerprint density at radius 2 is 1.67 bits per heavy atom. The number of hydrogen-bond acceptors (Lipinski definition) is 13. The van der Waals surface area contributed by atoms with Crippen molar-refractivity contribution >= 4 is 5.97 Å². The molecule has 0 bridgehead atoms. The fourth-order valence-electron chi connectivity index (χ4n) is 4.22. The van der Waals surface area contributed by atoms with Crippen LogP contribution in [-0.4, -0.2) is 117 Å². The van der Waals surface area contributed by atoms with Gasteiger partial charge >= 0.3 is 5.97 Å². The van der Waals surface area contributed by atoms with E-state index in [1.54, 1.807) is 24.3 Å². The zero-order valence-corrected chi connectivity index (χ0v) is 20.8. The van der Waals surface area contributed by atoms with E-state index in [1.165, 1.54) is 24.3 Å². The second-order valence-electron chi connectivity index (χ2n) is 9.39. The summed E-state index contributed by atoms with van der Waals surface area (Å²) in [6, 6.07) is 11.8. The fraction of sp³-hybridized carbons (Fsp3) is 0.500. The highest BCUT2D eigenvalue weighted by Gasteiger charge is 2.54. The second-order valence-corrected chi connectivity index (χ2v) is 9.39. The minimum absolute atomic E-state index is 0.0316. The van der Waals surface area contributed by atoms with E-state index in [9.17, 15) is 35.4 Å². The Kier molecular flexibility index (Phi) is 9.38. The lowest BCUT2D eigenvalue weighted by Crippen LogP contribution is -2.62. The van der Waals surface area contributed by atoms with E-state index in [-0.39, 0.29) is 17.9 Å². The van der Waals surface area contributed by atoms with Crippen molar-refractivity contribution in [2.24, 2.45) is 0 Å². The summed E-state index contributed by atoms with van der Waals surface area (Å²) < 4.78 is 27.6. The van der Waals surface area contributed by atoms with Gasteiger partial charge in [-0.3, -0.25) is 0 Å². The monoisotopic (exact) mass is 552 g/mol. The van der Waals surface area contributed by atoms with Gasteiger partial charge in [-0.1, -0.05) is 12.1 Å². The average molecular weight is 553 g/mol. The minimum Gasteiger partial charge on any atom is -0.508 e. The Bertz CT molecular complexity index is 1080. The van der Waals surface area contributed by atoms with Gasteiger partial charge < -0.3 is 59.4 Å². The van der Waals surface area contributed by atoms with Crippen molar-refractivity contribution in [3.8, 4) is 11.5 Å². The molecule has 13 heteroatoms. The summed E-state index contributed by atoms with van der Waals surface area (Å²) >= 11 is 0. The molecular formula is C26H32O13. The molecule has 0 radical (unpaired) electrons. The predicted octanol–water partition coefficient (Wildman–Crippen LogP) is -1.56. The Labute approximate surface area is 223 Å². The van der Waals surface area contributed by atoms with Crippen molar-refractivity contribution in [1.29, 1.82) is 0 Å². The van der Waals surface area contributed by atoms with Crippen LogP contribution in [-0.2, 0) is 25.4 Å². The molecule has 2 saturated heterocycles. The predicted molar refractivity (Wildman–Crippen MR) is 130 cm³/mol. The maximum absolute atomic E-state index is 12.3. The molecule has 7 N–H and O–H groups in total. The summed E-state index contributed by atoms with van der Waals surface area (Å²) in [6.45, 7) is -1.82. The van der Waals surface area contributed by atoms with Crippen molar-refractivity contribution < 1.29 is 64.2 Å². The standard InChI is InChI=1S/C26H32O13/c27-10-9-14-1-7-17(8-2-14)37-24-21(20(31)19(30)18(11-28)38-24)39-25-22(32)26(34,13-36-25)12-35-23(33)15-3-5-16(29)6-4-15/h1-8,18-22,24-25,27-32,34H,9-13H2. The van der Waals surface area contributed by atoms with Crippen LogP contribution < -0.4 is 4.74 Å². The van der Waals surface area contributed by atoms with E-state index in [2.05, 4.69) is 0 Å². The molecule has 2 aromatic rings. The number of aliphatic hydroxyl groups is 6. The van der Waals surface area contributed by atoms with Gasteiger partial charge in [-0.2, -0.15) is 0 Å². The molecule has 39 heavy (non-hydrogen) atoms. The zero-order valence-electron chi connectivity index (χ0n) is 20.8. The van der Waals surface area contributed by atoms with Gasteiger partial charge in [0.1, 0.15) is 42.5 Å².